The second-order valence-corrected chi connectivity index (χ2v) is 9.03. The van der Waals surface area contributed by atoms with E-state index in [1.54, 1.807) is 12.5 Å². The Morgan fingerprint density at radius 2 is 2.22 bits per heavy atom. The molecular weight excluding hydrogens is 364 g/mol. The molecule has 3 rings (SSSR count). The van der Waals surface area contributed by atoms with Crippen LogP contribution in [-0.2, 0) is 21.4 Å². The lowest BCUT2D eigenvalue weighted by atomic mass is 9.98. The summed E-state index contributed by atoms with van der Waals surface area (Å²) in [6, 6.07) is 7.69. The average molecular weight is 391 g/mol. The number of hydrogen-bond donors (Lipinski definition) is 1. The molecule has 1 fully saturated rings. The SMILES string of the molecule is CCCS(=O)(=O)N1CCC[C@@H](C(=O)Nc2cccc(Cn3ccnc3)c2)C1. The van der Waals surface area contributed by atoms with Gasteiger partial charge in [0.15, 0.2) is 0 Å². The Morgan fingerprint density at radius 3 is 2.96 bits per heavy atom. The fraction of sp³-hybridized carbons (Fsp3) is 0.474. The number of rotatable bonds is 7. The number of benzene rings is 1. The summed E-state index contributed by atoms with van der Waals surface area (Å²) in [5.41, 5.74) is 1.78. The van der Waals surface area contributed by atoms with Crippen molar-refractivity contribution in [3.63, 3.8) is 0 Å². The van der Waals surface area contributed by atoms with E-state index >= 15 is 0 Å². The average Bonchev–Trinajstić information content (AvgIpc) is 3.15. The van der Waals surface area contributed by atoms with Gasteiger partial charge >= 0.3 is 0 Å². The number of amides is 1. The zero-order valence-electron chi connectivity index (χ0n) is 15.5. The van der Waals surface area contributed by atoms with E-state index < -0.39 is 10.0 Å². The molecular formula is C19H26N4O3S. The van der Waals surface area contributed by atoms with Crippen molar-refractivity contribution in [2.24, 2.45) is 5.92 Å². The Morgan fingerprint density at radius 1 is 1.37 bits per heavy atom. The third-order valence-electron chi connectivity index (χ3n) is 4.73. The number of aromatic nitrogens is 2. The van der Waals surface area contributed by atoms with Crippen LogP contribution in [0, 0.1) is 5.92 Å². The number of piperidine rings is 1. The van der Waals surface area contributed by atoms with Gasteiger partial charge in [-0.05, 0) is 37.0 Å². The second kappa shape index (κ2) is 8.67. The van der Waals surface area contributed by atoms with Crippen molar-refractivity contribution in [1.82, 2.24) is 13.9 Å². The van der Waals surface area contributed by atoms with E-state index in [-0.39, 0.29) is 24.1 Å². The van der Waals surface area contributed by atoms with Crippen molar-refractivity contribution in [1.29, 1.82) is 0 Å². The van der Waals surface area contributed by atoms with E-state index in [9.17, 15) is 13.2 Å². The largest absolute Gasteiger partial charge is 0.333 e. The van der Waals surface area contributed by atoms with E-state index in [0.717, 1.165) is 11.3 Å². The molecule has 8 heteroatoms. The van der Waals surface area contributed by atoms with Crippen molar-refractivity contribution in [2.45, 2.75) is 32.7 Å². The van der Waals surface area contributed by atoms with Crippen LogP contribution < -0.4 is 5.32 Å². The summed E-state index contributed by atoms with van der Waals surface area (Å²) in [7, 11) is -3.26. The van der Waals surface area contributed by atoms with Crippen molar-refractivity contribution < 1.29 is 13.2 Å². The van der Waals surface area contributed by atoms with Gasteiger partial charge in [0, 0.05) is 37.7 Å². The van der Waals surface area contributed by atoms with Gasteiger partial charge in [0.1, 0.15) is 0 Å². The molecule has 1 aliphatic rings. The van der Waals surface area contributed by atoms with Gasteiger partial charge in [-0.1, -0.05) is 19.1 Å². The lowest BCUT2D eigenvalue weighted by Gasteiger charge is -2.31. The van der Waals surface area contributed by atoms with Crippen molar-refractivity contribution in [3.8, 4) is 0 Å². The molecule has 146 valence electrons. The topological polar surface area (TPSA) is 84.3 Å². The number of nitrogens with zero attached hydrogens (tertiary/aromatic N) is 3. The summed E-state index contributed by atoms with van der Waals surface area (Å²) in [4.78, 5) is 16.7. The van der Waals surface area contributed by atoms with Crippen LogP contribution in [0.2, 0.25) is 0 Å². The molecule has 0 unspecified atom stereocenters. The van der Waals surface area contributed by atoms with Crippen molar-refractivity contribution in [3.05, 3.63) is 48.5 Å². The minimum Gasteiger partial charge on any atom is -0.333 e. The lowest BCUT2D eigenvalue weighted by Crippen LogP contribution is -2.44. The Bertz CT molecular complexity index is 865. The highest BCUT2D eigenvalue weighted by Gasteiger charge is 2.31. The second-order valence-electron chi connectivity index (χ2n) is 6.94. The molecule has 1 aromatic heterocycles. The van der Waals surface area contributed by atoms with E-state index in [0.29, 0.717) is 32.4 Å². The van der Waals surface area contributed by atoms with Gasteiger partial charge in [-0.15, -0.1) is 0 Å². The Balaban J connectivity index is 1.63. The van der Waals surface area contributed by atoms with Crippen LogP contribution in [0.25, 0.3) is 0 Å². The van der Waals surface area contributed by atoms with E-state index in [1.165, 1.54) is 4.31 Å². The highest BCUT2D eigenvalue weighted by Crippen LogP contribution is 2.22. The van der Waals surface area contributed by atoms with Crippen LogP contribution in [0.15, 0.2) is 43.0 Å². The molecule has 1 aromatic carbocycles. The standard InChI is InChI=1S/C19H26N4O3S/c1-2-11-27(25,26)23-9-4-6-17(14-23)19(24)21-18-7-3-5-16(12-18)13-22-10-8-20-15-22/h3,5,7-8,10,12,15,17H,2,4,6,9,11,13-14H2,1H3,(H,21,24)/t17-/m1/s1. The monoisotopic (exact) mass is 390 g/mol. The molecule has 0 bridgehead atoms. The smallest absolute Gasteiger partial charge is 0.228 e. The van der Waals surface area contributed by atoms with Gasteiger partial charge < -0.3 is 9.88 Å². The van der Waals surface area contributed by atoms with Crippen LogP contribution >= 0.6 is 0 Å². The zero-order chi connectivity index (χ0) is 19.3. The third kappa shape index (κ3) is 5.17. The van der Waals surface area contributed by atoms with E-state index in [1.807, 2.05) is 42.0 Å². The molecule has 1 saturated heterocycles. The first-order chi connectivity index (χ1) is 13.0. The Hall–Kier alpha value is -2.19. The van der Waals surface area contributed by atoms with Gasteiger partial charge in [0.25, 0.3) is 0 Å². The summed E-state index contributed by atoms with van der Waals surface area (Å²) in [6.07, 6.45) is 7.37. The third-order valence-corrected chi connectivity index (χ3v) is 6.77. The van der Waals surface area contributed by atoms with Crippen LogP contribution in [0.1, 0.15) is 31.7 Å². The highest BCUT2D eigenvalue weighted by atomic mass is 32.2. The number of carbonyl (C=O) groups is 1. The van der Waals surface area contributed by atoms with Gasteiger partial charge in [-0.25, -0.2) is 17.7 Å². The predicted molar refractivity (Wildman–Crippen MR) is 105 cm³/mol. The Kier molecular flexibility index (Phi) is 6.28. The van der Waals surface area contributed by atoms with E-state index in [4.69, 9.17) is 0 Å². The molecule has 1 aliphatic heterocycles. The molecule has 27 heavy (non-hydrogen) atoms. The fourth-order valence-electron chi connectivity index (χ4n) is 3.38. The van der Waals surface area contributed by atoms with Crippen LogP contribution in [0.3, 0.4) is 0 Å². The van der Waals surface area contributed by atoms with Gasteiger partial charge in [-0.2, -0.15) is 0 Å². The molecule has 1 atom stereocenters. The predicted octanol–water partition coefficient (Wildman–Crippen LogP) is 2.32. The first-order valence-corrected chi connectivity index (χ1v) is 10.9. The fourth-order valence-corrected chi connectivity index (χ4v) is 4.97. The molecule has 2 aromatic rings. The number of nitrogens with one attached hydrogen (secondary N) is 1. The molecule has 0 spiro atoms. The van der Waals surface area contributed by atoms with E-state index in [2.05, 4.69) is 10.3 Å². The molecule has 2 heterocycles. The molecule has 1 N–H and O–H groups in total. The van der Waals surface area contributed by atoms with Crippen molar-refractivity contribution in [2.75, 3.05) is 24.2 Å². The molecule has 0 aliphatic carbocycles. The number of carbonyl (C=O) groups excluding carboxylic acids is 1. The number of imidazole rings is 1. The summed E-state index contributed by atoms with van der Waals surface area (Å²) in [6.45, 7) is 3.30. The quantitative estimate of drug-likeness (QED) is 0.786. The maximum absolute atomic E-state index is 12.7. The van der Waals surface area contributed by atoms with Crippen molar-refractivity contribution >= 4 is 21.6 Å². The normalized spacial score (nSPS) is 18.3. The highest BCUT2D eigenvalue weighted by molar-refractivity contribution is 7.89. The lowest BCUT2D eigenvalue weighted by molar-refractivity contribution is -0.120. The van der Waals surface area contributed by atoms with Gasteiger partial charge in [-0.3, -0.25) is 4.79 Å². The number of anilines is 1. The minimum absolute atomic E-state index is 0.119. The van der Waals surface area contributed by atoms with Crippen LogP contribution in [-0.4, -0.2) is 47.0 Å². The van der Waals surface area contributed by atoms with Gasteiger partial charge in [0.05, 0.1) is 18.0 Å². The minimum atomic E-state index is -3.26. The van der Waals surface area contributed by atoms with Gasteiger partial charge in [0.2, 0.25) is 15.9 Å². The van der Waals surface area contributed by atoms with Crippen LogP contribution in [0.4, 0.5) is 5.69 Å². The zero-order valence-corrected chi connectivity index (χ0v) is 16.4. The molecule has 0 saturated carbocycles. The first-order valence-electron chi connectivity index (χ1n) is 9.31. The summed E-state index contributed by atoms with van der Waals surface area (Å²) < 4.78 is 28.0. The first kappa shape index (κ1) is 19.6. The maximum Gasteiger partial charge on any atom is 0.228 e. The number of hydrogen-bond acceptors (Lipinski definition) is 4. The molecule has 1 amide bonds. The molecule has 0 radical (unpaired) electrons. The molecule has 7 nitrogen and oxygen atoms in total. The Labute approximate surface area is 160 Å². The summed E-state index contributed by atoms with van der Waals surface area (Å²) in [5, 5.41) is 2.95. The summed E-state index contributed by atoms with van der Waals surface area (Å²) >= 11 is 0. The maximum atomic E-state index is 12.7. The van der Waals surface area contributed by atoms with Crippen LogP contribution in [0.5, 0.6) is 0 Å². The summed E-state index contributed by atoms with van der Waals surface area (Å²) in [5.74, 6) is -0.300. The number of sulfonamides is 1.